The van der Waals surface area contributed by atoms with Crippen LogP contribution in [-0.2, 0) is 11.3 Å². The Morgan fingerprint density at radius 2 is 1.90 bits per heavy atom. The monoisotopic (exact) mass is 279 g/mol. The number of rotatable bonds is 9. The highest BCUT2D eigenvalue weighted by Gasteiger charge is 2.10. The first-order chi connectivity index (χ1) is 9.58. The zero-order valence-corrected chi connectivity index (χ0v) is 13.5. The molecule has 1 aromatic rings. The number of ether oxygens (including phenoxy) is 2. The summed E-state index contributed by atoms with van der Waals surface area (Å²) in [5.74, 6) is 1.48. The third-order valence-electron chi connectivity index (χ3n) is 3.10. The molecule has 0 amide bonds. The Labute approximate surface area is 123 Å². The summed E-state index contributed by atoms with van der Waals surface area (Å²) in [6.07, 6.45) is 0. The summed E-state index contributed by atoms with van der Waals surface area (Å²) >= 11 is 0. The zero-order valence-electron chi connectivity index (χ0n) is 13.5. The molecule has 0 fully saturated rings. The van der Waals surface area contributed by atoms with E-state index in [9.17, 15) is 0 Å². The van der Waals surface area contributed by atoms with Gasteiger partial charge in [-0.15, -0.1) is 0 Å². The van der Waals surface area contributed by atoms with E-state index in [2.05, 4.69) is 51.2 Å². The predicted octanol–water partition coefficient (Wildman–Crippen LogP) is 3.93. The van der Waals surface area contributed by atoms with E-state index < -0.39 is 0 Å². The van der Waals surface area contributed by atoms with Gasteiger partial charge in [-0.05, 0) is 44.0 Å². The molecular formula is C17H29NO2. The highest BCUT2D eigenvalue weighted by molar-refractivity contribution is 5.38. The highest BCUT2D eigenvalue weighted by atomic mass is 16.5. The van der Waals surface area contributed by atoms with Gasteiger partial charge >= 0.3 is 0 Å². The maximum Gasteiger partial charge on any atom is 0.124 e. The Kier molecular flexibility index (Phi) is 7.63. The Morgan fingerprint density at radius 1 is 1.15 bits per heavy atom. The number of benzene rings is 1. The number of nitrogens with one attached hydrogen (secondary N) is 1. The molecule has 0 spiro atoms. The van der Waals surface area contributed by atoms with Crippen LogP contribution in [0.3, 0.4) is 0 Å². The fourth-order valence-corrected chi connectivity index (χ4v) is 2.11. The zero-order chi connectivity index (χ0) is 15.0. The smallest absolute Gasteiger partial charge is 0.124 e. The molecule has 0 saturated heterocycles. The Balaban J connectivity index is 2.81. The number of hydrogen-bond donors (Lipinski definition) is 1. The van der Waals surface area contributed by atoms with Crippen molar-refractivity contribution in [2.24, 2.45) is 5.92 Å². The largest absolute Gasteiger partial charge is 0.494 e. The second kappa shape index (κ2) is 8.98. The van der Waals surface area contributed by atoms with E-state index in [0.717, 1.165) is 24.5 Å². The molecule has 0 bridgehead atoms. The van der Waals surface area contributed by atoms with Crippen molar-refractivity contribution in [3.63, 3.8) is 0 Å². The van der Waals surface area contributed by atoms with Crippen LogP contribution in [0.5, 0.6) is 5.75 Å². The van der Waals surface area contributed by atoms with Crippen LogP contribution in [0.2, 0.25) is 0 Å². The van der Waals surface area contributed by atoms with E-state index in [1.54, 1.807) is 0 Å². The molecule has 0 aliphatic rings. The SMILES string of the molecule is CCNC(C)c1ccc(OCC)c(COCC(C)C)c1. The molecule has 1 rings (SSSR count). The first-order valence-electron chi connectivity index (χ1n) is 7.65. The summed E-state index contributed by atoms with van der Waals surface area (Å²) in [5.41, 5.74) is 2.41. The minimum Gasteiger partial charge on any atom is -0.494 e. The van der Waals surface area contributed by atoms with Gasteiger partial charge in [0.15, 0.2) is 0 Å². The van der Waals surface area contributed by atoms with Gasteiger partial charge in [-0.1, -0.05) is 26.8 Å². The van der Waals surface area contributed by atoms with Crippen LogP contribution in [0.15, 0.2) is 18.2 Å². The summed E-state index contributed by atoms with van der Waals surface area (Å²) in [7, 11) is 0. The summed E-state index contributed by atoms with van der Waals surface area (Å²) in [5, 5.41) is 3.43. The summed E-state index contributed by atoms with van der Waals surface area (Å²) in [4.78, 5) is 0. The second-order valence-electron chi connectivity index (χ2n) is 5.49. The molecule has 0 aliphatic heterocycles. The minimum atomic E-state index is 0.347. The van der Waals surface area contributed by atoms with Gasteiger partial charge < -0.3 is 14.8 Å². The van der Waals surface area contributed by atoms with Crippen molar-refractivity contribution in [2.75, 3.05) is 19.8 Å². The lowest BCUT2D eigenvalue weighted by atomic mass is 10.0. The third kappa shape index (κ3) is 5.51. The average molecular weight is 279 g/mol. The molecule has 3 nitrogen and oxygen atoms in total. The normalized spacial score (nSPS) is 12.7. The summed E-state index contributed by atoms with van der Waals surface area (Å²) in [6.45, 7) is 13.7. The van der Waals surface area contributed by atoms with Crippen molar-refractivity contribution in [1.82, 2.24) is 5.32 Å². The van der Waals surface area contributed by atoms with Crippen molar-refractivity contribution in [3.05, 3.63) is 29.3 Å². The molecule has 0 saturated carbocycles. The van der Waals surface area contributed by atoms with Gasteiger partial charge in [0.25, 0.3) is 0 Å². The molecule has 0 aromatic heterocycles. The van der Waals surface area contributed by atoms with E-state index in [0.29, 0.717) is 25.2 Å². The molecule has 0 radical (unpaired) electrons. The van der Waals surface area contributed by atoms with Crippen LogP contribution in [0.1, 0.15) is 51.8 Å². The lowest BCUT2D eigenvalue weighted by molar-refractivity contribution is 0.0950. The lowest BCUT2D eigenvalue weighted by Gasteiger charge is -2.17. The molecule has 1 aromatic carbocycles. The minimum absolute atomic E-state index is 0.347. The maximum atomic E-state index is 5.76. The molecule has 1 atom stereocenters. The van der Waals surface area contributed by atoms with E-state index in [-0.39, 0.29) is 0 Å². The highest BCUT2D eigenvalue weighted by Crippen LogP contribution is 2.24. The van der Waals surface area contributed by atoms with Crippen LogP contribution in [0.25, 0.3) is 0 Å². The van der Waals surface area contributed by atoms with E-state index in [4.69, 9.17) is 9.47 Å². The first kappa shape index (κ1) is 17.0. The van der Waals surface area contributed by atoms with Crippen molar-refractivity contribution in [1.29, 1.82) is 0 Å². The average Bonchev–Trinajstić information content (AvgIpc) is 2.40. The van der Waals surface area contributed by atoms with Crippen molar-refractivity contribution in [2.45, 2.75) is 47.3 Å². The number of hydrogen-bond acceptors (Lipinski definition) is 3. The van der Waals surface area contributed by atoms with Gasteiger partial charge in [0.1, 0.15) is 5.75 Å². The topological polar surface area (TPSA) is 30.5 Å². The summed E-state index contributed by atoms with van der Waals surface area (Å²) < 4.78 is 11.5. The first-order valence-corrected chi connectivity index (χ1v) is 7.65. The van der Waals surface area contributed by atoms with Crippen molar-refractivity contribution >= 4 is 0 Å². The molecule has 1 unspecified atom stereocenters. The van der Waals surface area contributed by atoms with Crippen molar-refractivity contribution in [3.8, 4) is 5.75 Å². The Bertz CT molecular complexity index is 391. The van der Waals surface area contributed by atoms with Crippen LogP contribution in [0, 0.1) is 5.92 Å². The van der Waals surface area contributed by atoms with E-state index in [1.807, 2.05) is 6.92 Å². The van der Waals surface area contributed by atoms with Gasteiger partial charge in [0.05, 0.1) is 13.2 Å². The van der Waals surface area contributed by atoms with Crippen LogP contribution >= 0.6 is 0 Å². The predicted molar refractivity (Wildman–Crippen MR) is 84.2 cm³/mol. The third-order valence-corrected chi connectivity index (χ3v) is 3.10. The van der Waals surface area contributed by atoms with Gasteiger partial charge in [0, 0.05) is 18.2 Å². The van der Waals surface area contributed by atoms with Crippen LogP contribution in [0.4, 0.5) is 0 Å². The molecule has 0 aliphatic carbocycles. The standard InChI is InChI=1S/C17H29NO2/c1-6-18-14(5)15-8-9-17(20-7-2)16(10-15)12-19-11-13(3)4/h8-10,13-14,18H,6-7,11-12H2,1-5H3. The Hall–Kier alpha value is -1.06. The van der Waals surface area contributed by atoms with Gasteiger partial charge in [-0.25, -0.2) is 0 Å². The van der Waals surface area contributed by atoms with Gasteiger partial charge in [-0.2, -0.15) is 0 Å². The van der Waals surface area contributed by atoms with Crippen LogP contribution < -0.4 is 10.1 Å². The van der Waals surface area contributed by atoms with E-state index in [1.165, 1.54) is 5.56 Å². The van der Waals surface area contributed by atoms with Crippen molar-refractivity contribution < 1.29 is 9.47 Å². The molecule has 0 heterocycles. The quantitative estimate of drug-likeness (QED) is 0.743. The lowest BCUT2D eigenvalue weighted by Crippen LogP contribution is -2.18. The molecule has 114 valence electrons. The fourth-order valence-electron chi connectivity index (χ4n) is 2.11. The van der Waals surface area contributed by atoms with Crippen LogP contribution in [-0.4, -0.2) is 19.8 Å². The van der Waals surface area contributed by atoms with Gasteiger partial charge in [-0.3, -0.25) is 0 Å². The molecule has 1 N–H and O–H groups in total. The molecular weight excluding hydrogens is 250 g/mol. The van der Waals surface area contributed by atoms with Gasteiger partial charge in [0.2, 0.25) is 0 Å². The summed E-state index contributed by atoms with van der Waals surface area (Å²) in [6, 6.07) is 6.73. The molecule has 20 heavy (non-hydrogen) atoms. The van der Waals surface area contributed by atoms with E-state index >= 15 is 0 Å². The Morgan fingerprint density at radius 3 is 2.50 bits per heavy atom. The molecule has 3 heteroatoms. The second-order valence-corrected chi connectivity index (χ2v) is 5.49. The fraction of sp³-hybridized carbons (Fsp3) is 0.647. The maximum absolute atomic E-state index is 5.76.